The molecule has 0 aliphatic rings. The van der Waals surface area contributed by atoms with Crippen LogP contribution < -0.4 is 5.32 Å². The Morgan fingerprint density at radius 3 is 2.79 bits per heavy atom. The molecule has 1 N–H and O–H groups in total. The number of nitrogens with one attached hydrogen (secondary N) is 1. The Labute approximate surface area is 114 Å². The number of aromatic nitrogens is 1. The Hall–Kier alpha value is -1.77. The second kappa shape index (κ2) is 5.91. The van der Waals surface area contributed by atoms with Gasteiger partial charge in [0.2, 0.25) is 5.91 Å². The van der Waals surface area contributed by atoms with Crippen LogP contribution in [0.2, 0.25) is 0 Å². The third kappa shape index (κ3) is 3.16. The Bertz CT molecular complexity index is 571. The second-order valence-corrected chi connectivity index (χ2v) is 5.07. The SMILES string of the molecule is CCc1ccc2c(ccn2CC(=O)NC(C)CC)c1. The number of aryl methyl sites for hydroxylation is 1. The van der Waals surface area contributed by atoms with Crippen molar-refractivity contribution in [3.05, 3.63) is 36.0 Å². The van der Waals surface area contributed by atoms with Gasteiger partial charge in [-0.3, -0.25) is 4.79 Å². The van der Waals surface area contributed by atoms with E-state index in [2.05, 4.69) is 43.4 Å². The highest BCUT2D eigenvalue weighted by Gasteiger charge is 2.08. The monoisotopic (exact) mass is 258 g/mol. The minimum Gasteiger partial charge on any atom is -0.352 e. The van der Waals surface area contributed by atoms with Crippen molar-refractivity contribution in [1.82, 2.24) is 9.88 Å². The number of benzene rings is 1. The van der Waals surface area contributed by atoms with Gasteiger partial charge in [-0.2, -0.15) is 0 Å². The Morgan fingerprint density at radius 2 is 2.11 bits per heavy atom. The molecule has 0 spiro atoms. The molecule has 3 heteroatoms. The van der Waals surface area contributed by atoms with Gasteiger partial charge in [-0.1, -0.05) is 19.9 Å². The van der Waals surface area contributed by atoms with E-state index in [4.69, 9.17) is 0 Å². The van der Waals surface area contributed by atoms with Crippen molar-refractivity contribution in [1.29, 1.82) is 0 Å². The van der Waals surface area contributed by atoms with E-state index in [0.717, 1.165) is 18.4 Å². The second-order valence-electron chi connectivity index (χ2n) is 5.07. The van der Waals surface area contributed by atoms with Gasteiger partial charge in [0.25, 0.3) is 0 Å². The number of fused-ring (bicyclic) bond motifs is 1. The smallest absolute Gasteiger partial charge is 0.240 e. The number of hydrogen-bond acceptors (Lipinski definition) is 1. The quantitative estimate of drug-likeness (QED) is 0.878. The number of carbonyl (C=O) groups excluding carboxylic acids is 1. The first-order valence-corrected chi connectivity index (χ1v) is 7.01. The normalized spacial score (nSPS) is 12.6. The first kappa shape index (κ1) is 13.7. The van der Waals surface area contributed by atoms with E-state index in [-0.39, 0.29) is 11.9 Å². The molecule has 2 aromatic rings. The molecule has 0 aliphatic carbocycles. The Balaban J connectivity index is 2.15. The fourth-order valence-corrected chi connectivity index (χ4v) is 2.18. The van der Waals surface area contributed by atoms with E-state index in [9.17, 15) is 4.79 Å². The van der Waals surface area contributed by atoms with E-state index in [0.29, 0.717) is 6.54 Å². The summed E-state index contributed by atoms with van der Waals surface area (Å²) < 4.78 is 2.01. The molecule has 19 heavy (non-hydrogen) atoms. The largest absolute Gasteiger partial charge is 0.352 e. The van der Waals surface area contributed by atoms with Crippen molar-refractivity contribution in [2.75, 3.05) is 0 Å². The number of rotatable bonds is 5. The molecule has 1 heterocycles. The van der Waals surface area contributed by atoms with E-state index in [1.165, 1.54) is 10.9 Å². The molecule has 0 saturated carbocycles. The molecule has 3 nitrogen and oxygen atoms in total. The fraction of sp³-hybridized carbons (Fsp3) is 0.438. The van der Waals surface area contributed by atoms with Gasteiger partial charge in [0.15, 0.2) is 0 Å². The maximum atomic E-state index is 11.9. The topological polar surface area (TPSA) is 34.0 Å². The summed E-state index contributed by atoms with van der Waals surface area (Å²) >= 11 is 0. The van der Waals surface area contributed by atoms with Gasteiger partial charge in [0.05, 0.1) is 0 Å². The van der Waals surface area contributed by atoms with Crippen molar-refractivity contribution >= 4 is 16.8 Å². The van der Waals surface area contributed by atoms with Crippen LogP contribution >= 0.6 is 0 Å². The van der Waals surface area contributed by atoms with E-state index >= 15 is 0 Å². The molecule has 2 rings (SSSR count). The molecular formula is C16H22N2O. The third-order valence-electron chi connectivity index (χ3n) is 3.58. The summed E-state index contributed by atoms with van der Waals surface area (Å²) in [6.45, 7) is 6.64. The average molecular weight is 258 g/mol. The van der Waals surface area contributed by atoms with Gasteiger partial charge >= 0.3 is 0 Å². The zero-order valence-electron chi connectivity index (χ0n) is 11.9. The van der Waals surface area contributed by atoms with Crippen molar-refractivity contribution in [3.8, 4) is 0 Å². The maximum absolute atomic E-state index is 11.9. The highest BCUT2D eigenvalue weighted by atomic mass is 16.2. The first-order valence-electron chi connectivity index (χ1n) is 7.01. The molecule has 0 bridgehead atoms. The molecule has 1 unspecified atom stereocenters. The Morgan fingerprint density at radius 1 is 1.32 bits per heavy atom. The third-order valence-corrected chi connectivity index (χ3v) is 3.58. The van der Waals surface area contributed by atoms with Crippen LogP contribution in [0.5, 0.6) is 0 Å². The number of nitrogens with zero attached hydrogens (tertiary/aromatic N) is 1. The first-order chi connectivity index (χ1) is 9.13. The number of carbonyl (C=O) groups is 1. The van der Waals surface area contributed by atoms with Crippen LogP contribution in [-0.2, 0) is 17.8 Å². The summed E-state index contributed by atoms with van der Waals surface area (Å²) in [5.41, 5.74) is 2.45. The van der Waals surface area contributed by atoms with Gasteiger partial charge in [-0.25, -0.2) is 0 Å². The molecule has 102 valence electrons. The lowest BCUT2D eigenvalue weighted by Crippen LogP contribution is -2.34. The molecular weight excluding hydrogens is 236 g/mol. The highest BCUT2D eigenvalue weighted by Crippen LogP contribution is 2.18. The van der Waals surface area contributed by atoms with Crippen molar-refractivity contribution in [3.63, 3.8) is 0 Å². The van der Waals surface area contributed by atoms with Crippen LogP contribution in [0.4, 0.5) is 0 Å². The highest BCUT2D eigenvalue weighted by molar-refractivity contribution is 5.83. The molecule has 0 radical (unpaired) electrons. The molecule has 1 aromatic heterocycles. The zero-order chi connectivity index (χ0) is 13.8. The molecule has 1 aromatic carbocycles. The summed E-state index contributed by atoms with van der Waals surface area (Å²) in [6, 6.07) is 8.74. The lowest BCUT2D eigenvalue weighted by atomic mass is 10.1. The minimum atomic E-state index is 0.0754. The van der Waals surface area contributed by atoms with Gasteiger partial charge < -0.3 is 9.88 Å². The number of hydrogen-bond donors (Lipinski definition) is 1. The van der Waals surface area contributed by atoms with Gasteiger partial charge in [0, 0.05) is 17.8 Å². The Kier molecular flexibility index (Phi) is 4.25. The number of amides is 1. The van der Waals surface area contributed by atoms with E-state index in [1.54, 1.807) is 0 Å². The average Bonchev–Trinajstić information content (AvgIpc) is 2.80. The molecule has 1 amide bonds. The predicted octanol–water partition coefficient (Wildman–Crippen LogP) is 3.12. The molecule has 0 saturated heterocycles. The summed E-state index contributed by atoms with van der Waals surface area (Å²) in [6.07, 6.45) is 3.98. The van der Waals surface area contributed by atoms with Crippen LogP contribution in [0.15, 0.2) is 30.5 Å². The van der Waals surface area contributed by atoms with Crippen molar-refractivity contribution < 1.29 is 4.79 Å². The van der Waals surface area contributed by atoms with Crippen LogP contribution in [0.25, 0.3) is 10.9 Å². The molecule has 0 aliphatic heterocycles. The molecule has 1 atom stereocenters. The van der Waals surface area contributed by atoms with Crippen molar-refractivity contribution in [2.24, 2.45) is 0 Å². The zero-order valence-corrected chi connectivity index (χ0v) is 11.9. The minimum absolute atomic E-state index is 0.0754. The fourth-order valence-electron chi connectivity index (χ4n) is 2.18. The van der Waals surface area contributed by atoms with Crippen LogP contribution in [0.1, 0.15) is 32.8 Å². The summed E-state index contributed by atoms with van der Waals surface area (Å²) in [7, 11) is 0. The maximum Gasteiger partial charge on any atom is 0.240 e. The molecule has 0 fully saturated rings. The lowest BCUT2D eigenvalue weighted by Gasteiger charge is -2.12. The van der Waals surface area contributed by atoms with Crippen LogP contribution in [0, 0.1) is 0 Å². The standard InChI is InChI=1S/C16H22N2O/c1-4-12(3)17-16(19)11-18-9-8-14-10-13(5-2)6-7-15(14)18/h6-10,12H,4-5,11H2,1-3H3,(H,17,19). The van der Waals surface area contributed by atoms with E-state index in [1.807, 2.05) is 17.7 Å². The summed E-state index contributed by atoms with van der Waals surface area (Å²) in [4.78, 5) is 11.9. The van der Waals surface area contributed by atoms with Gasteiger partial charge in [-0.05, 0) is 48.9 Å². The summed E-state index contributed by atoms with van der Waals surface area (Å²) in [5.74, 6) is 0.0754. The predicted molar refractivity (Wildman–Crippen MR) is 79.2 cm³/mol. The lowest BCUT2D eigenvalue weighted by molar-refractivity contribution is -0.122. The van der Waals surface area contributed by atoms with Crippen LogP contribution in [0.3, 0.4) is 0 Å². The van der Waals surface area contributed by atoms with E-state index < -0.39 is 0 Å². The van der Waals surface area contributed by atoms with Gasteiger partial charge in [0.1, 0.15) is 6.54 Å². The van der Waals surface area contributed by atoms with Crippen LogP contribution in [-0.4, -0.2) is 16.5 Å². The van der Waals surface area contributed by atoms with Crippen molar-refractivity contribution in [2.45, 2.75) is 46.2 Å². The summed E-state index contributed by atoms with van der Waals surface area (Å²) in [5, 5.41) is 4.20. The van der Waals surface area contributed by atoms with Gasteiger partial charge in [-0.15, -0.1) is 0 Å².